The van der Waals surface area contributed by atoms with Crippen molar-refractivity contribution in [2.75, 3.05) is 12.0 Å². The summed E-state index contributed by atoms with van der Waals surface area (Å²) in [5, 5.41) is 2.43. The number of anilines is 3. The molecule has 0 atom stereocenters. The number of hydrogen-bond acceptors (Lipinski definition) is 4. The van der Waals surface area contributed by atoms with Gasteiger partial charge in [0.25, 0.3) is 0 Å². The van der Waals surface area contributed by atoms with Crippen LogP contribution < -0.4 is 25.6 Å². The van der Waals surface area contributed by atoms with E-state index >= 15 is 0 Å². The summed E-state index contributed by atoms with van der Waals surface area (Å²) in [5.41, 5.74) is 10.1. The van der Waals surface area contributed by atoms with E-state index in [-0.39, 0.29) is 27.8 Å². The molecule has 0 unspecified atom stereocenters. The van der Waals surface area contributed by atoms with Gasteiger partial charge in [0, 0.05) is 33.0 Å². The first-order valence-corrected chi connectivity index (χ1v) is 22.7. The van der Waals surface area contributed by atoms with Gasteiger partial charge in [-0.25, -0.2) is 0 Å². The third kappa shape index (κ3) is 10.5. The van der Waals surface area contributed by atoms with Gasteiger partial charge in [-0.05, 0) is 52.2 Å². The van der Waals surface area contributed by atoms with Crippen molar-refractivity contribution in [3.8, 4) is 39.4 Å². The fourth-order valence-corrected chi connectivity index (χ4v) is 10.1. The second kappa shape index (κ2) is 20.8. The number of para-hydroxylation sites is 2. The van der Waals surface area contributed by atoms with Crippen LogP contribution >= 0.6 is 7.14 Å². The van der Waals surface area contributed by atoms with Gasteiger partial charge in [0.2, 0.25) is 0 Å². The number of rotatable bonds is 10. The van der Waals surface area contributed by atoms with E-state index in [2.05, 4.69) is 147 Å². The van der Waals surface area contributed by atoms with Crippen molar-refractivity contribution in [2.24, 2.45) is 0 Å². The maximum atomic E-state index is 14.9. The molecule has 1 aromatic heterocycles. The van der Waals surface area contributed by atoms with Gasteiger partial charge in [-0.15, -0.1) is 77.4 Å². The summed E-state index contributed by atoms with van der Waals surface area (Å²) < 4.78 is 20.2. The molecule has 0 spiro atoms. The molecular weight excluding hydrogens is 985 g/mol. The molecule has 0 aliphatic carbocycles. The molecule has 0 saturated heterocycles. The average molecular weight is 1030 g/mol. The van der Waals surface area contributed by atoms with Gasteiger partial charge in [0.1, 0.15) is 0 Å². The SMILES string of the molecule is COc1c[c-]c(-c2cc(-c3ccc(P(=O)(c4ccccc4)c4ccccc4)cc3)cc(-c3[c-]cc(C(C)(C)C)cc3)n2)cc1.[Au+3].[c-]1ccc(N(c2ccccc2)c2ccccc2)cc1. The summed E-state index contributed by atoms with van der Waals surface area (Å²) >= 11 is 0. The molecule has 9 aromatic rings. The zero-order valence-electron chi connectivity index (χ0n) is 36.2. The normalized spacial score (nSPS) is 11.1. The van der Waals surface area contributed by atoms with Crippen LogP contribution in [0.25, 0.3) is 33.6 Å². The second-order valence-electron chi connectivity index (χ2n) is 16.1. The number of hydrogen-bond donors (Lipinski definition) is 0. The Balaban J connectivity index is 0.000000255. The monoisotopic (exact) mass is 1030 g/mol. The molecule has 64 heavy (non-hydrogen) atoms. The van der Waals surface area contributed by atoms with Gasteiger partial charge in [-0.2, -0.15) is 18.2 Å². The molecule has 0 aliphatic rings. The Morgan fingerprint density at radius 1 is 0.516 bits per heavy atom. The average Bonchev–Trinajstić information content (AvgIpc) is 3.35. The van der Waals surface area contributed by atoms with Crippen molar-refractivity contribution in [3.05, 3.63) is 242 Å². The third-order valence-corrected chi connectivity index (χ3v) is 13.9. The first-order chi connectivity index (χ1) is 30.7. The quantitative estimate of drug-likeness (QED) is 0.0778. The Bertz CT molecular complexity index is 2750. The molecule has 0 aliphatic heterocycles. The molecule has 0 radical (unpaired) electrons. The van der Waals surface area contributed by atoms with E-state index in [1.807, 2.05) is 115 Å². The fraction of sp³-hybridized carbons (Fsp3) is 0.0862. The van der Waals surface area contributed by atoms with Gasteiger partial charge in [-0.1, -0.05) is 160 Å². The van der Waals surface area contributed by atoms with Crippen LogP contribution in [0.15, 0.2) is 218 Å². The van der Waals surface area contributed by atoms with E-state index in [0.717, 1.165) is 72.4 Å². The molecule has 6 heteroatoms. The fourth-order valence-electron chi connectivity index (χ4n) is 7.44. The van der Waals surface area contributed by atoms with Crippen molar-refractivity contribution in [2.45, 2.75) is 26.2 Å². The smallest absolute Gasteiger partial charge is 0.540 e. The first-order valence-electron chi connectivity index (χ1n) is 21.0. The maximum Gasteiger partial charge on any atom is 3.00 e. The molecule has 9 rings (SSSR count). The van der Waals surface area contributed by atoms with E-state index in [0.29, 0.717) is 0 Å². The van der Waals surface area contributed by atoms with Crippen molar-refractivity contribution < 1.29 is 31.7 Å². The van der Waals surface area contributed by atoms with Crippen LogP contribution in [0.3, 0.4) is 0 Å². The van der Waals surface area contributed by atoms with E-state index in [1.165, 1.54) is 5.56 Å². The number of ether oxygens (including phenoxy) is 1. The Labute approximate surface area is 394 Å². The molecular formula is C58H48AuN2O2P. The van der Waals surface area contributed by atoms with Gasteiger partial charge >= 0.3 is 22.4 Å². The Morgan fingerprint density at radius 3 is 1.41 bits per heavy atom. The van der Waals surface area contributed by atoms with E-state index < -0.39 is 7.14 Å². The number of nitrogens with zero attached hydrogens (tertiary/aromatic N) is 2. The Hall–Kier alpha value is -6.52. The Kier molecular flexibility index (Phi) is 14.8. The van der Waals surface area contributed by atoms with Crippen LogP contribution in [0.1, 0.15) is 26.3 Å². The molecule has 4 nitrogen and oxygen atoms in total. The number of benzene rings is 8. The van der Waals surface area contributed by atoms with Gasteiger partial charge in [-0.3, -0.25) is 0 Å². The van der Waals surface area contributed by atoms with Gasteiger partial charge < -0.3 is 19.2 Å². The van der Waals surface area contributed by atoms with Crippen LogP contribution in [-0.4, -0.2) is 12.1 Å². The number of pyridine rings is 1. The second-order valence-corrected chi connectivity index (χ2v) is 18.9. The summed E-state index contributed by atoms with van der Waals surface area (Å²) in [6, 6.07) is 82.4. The minimum atomic E-state index is -3.06. The van der Waals surface area contributed by atoms with Gasteiger partial charge in [0.15, 0.2) is 7.14 Å². The van der Waals surface area contributed by atoms with Crippen LogP contribution in [0, 0.1) is 18.2 Å². The topological polar surface area (TPSA) is 42.4 Å². The number of aromatic nitrogens is 1. The first kappa shape index (κ1) is 45.5. The van der Waals surface area contributed by atoms with Crippen LogP contribution in [0.2, 0.25) is 0 Å². The predicted octanol–water partition coefficient (Wildman–Crippen LogP) is 13.6. The van der Waals surface area contributed by atoms with Gasteiger partial charge in [0.05, 0.1) is 7.11 Å². The minimum Gasteiger partial charge on any atom is -0.540 e. The largest absolute Gasteiger partial charge is 3.00 e. The number of methoxy groups -OCH3 is 1. The summed E-state index contributed by atoms with van der Waals surface area (Å²) in [4.78, 5) is 7.27. The van der Waals surface area contributed by atoms with Crippen molar-refractivity contribution in [3.63, 3.8) is 0 Å². The standard InChI is InChI=1S/C40H34NO2P.C18H14N.Au/c1-40(2,3)33-21-15-30(16-22-33)38-27-32(28-39(41-38)31-17-23-34(43-4)24-18-31)29-19-25-37(26-20-29)44(42,35-11-7-5-8-12-35)36-13-9-6-10-14-36;1-4-10-16(11-5-1)19(17-12-6-2-7-13-17)18-14-8-3-9-15-18;/h5-15,17,19-28H,1-4H3;1-2,4-15H;/q-2;-1;+3. The molecule has 0 N–H and O–H groups in total. The Morgan fingerprint density at radius 2 is 0.969 bits per heavy atom. The van der Waals surface area contributed by atoms with Crippen molar-refractivity contribution in [1.82, 2.24) is 4.98 Å². The van der Waals surface area contributed by atoms with Crippen LogP contribution in [0.4, 0.5) is 17.1 Å². The van der Waals surface area contributed by atoms with Crippen molar-refractivity contribution >= 4 is 40.1 Å². The summed E-state index contributed by atoms with van der Waals surface area (Å²) in [7, 11) is -1.42. The molecule has 0 fully saturated rings. The van der Waals surface area contributed by atoms with E-state index in [9.17, 15) is 4.57 Å². The summed E-state index contributed by atoms with van der Waals surface area (Å²) in [6.45, 7) is 6.60. The molecule has 0 amide bonds. The predicted molar refractivity (Wildman–Crippen MR) is 263 cm³/mol. The zero-order chi connectivity index (χ0) is 43.7. The summed E-state index contributed by atoms with van der Waals surface area (Å²) in [5.74, 6) is 0.744. The molecule has 0 bridgehead atoms. The van der Waals surface area contributed by atoms with E-state index in [4.69, 9.17) is 9.72 Å². The maximum absolute atomic E-state index is 14.9. The summed E-state index contributed by atoms with van der Waals surface area (Å²) in [6.07, 6.45) is 0. The molecule has 8 aromatic carbocycles. The van der Waals surface area contributed by atoms with Crippen LogP contribution in [-0.2, 0) is 32.4 Å². The molecule has 318 valence electrons. The zero-order valence-corrected chi connectivity index (χ0v) is 39.3. The van der Waals surface area contributed by atoms with E-state index in [1.54, 1.807) is 7.11 Å². The molecule has 1 heterocycles. The third-order valence-electron chi connectivity index (χ3n) is 10.9. The molecule has 0 saturated carbocycles. The minimum absolute atomic E-state index is 0. The van der Waals surface area contributed by atoms with Crippen LogP contribution in [0.5, 0.6) is 5.75 Å². The van der Waals surface area contributed by atoms with Crippen molar-refractivity contribution in [1.29, 1.82) is 0 Å².